The Morgan fingerprint density at radius 2 is 1.59 bits per heavy atom. The quantitative estimate of drug-likeness (QED) is 0.171. The lowest BCUT2D eigenvalue weighted by molar-refractivity contribution is -0.384. The summed E-state index contributed by atoms with van der Waals surface area (Å²) in [4.78, 5) is 61.4. The maximum absolute atomic E-state index is 12.7. The van der Waals surface area contributed by atoms with Crippen LogP contribution in [0.15, 0.2) is 60.7 Å². The van der Waals surface area contributed by atoms with Gasteiger partial charge in [0.1, 0.15) is 0 Å². The van der Waals surface area contributed by atoms with Crippen molar-refractivity contribution < 1.29 is 28.8 Å². The van der Waals surface area contributed by atoms with E-state index in [9.17, 15) is 29.3 Å². The fourth-order valence-electron chi connectivity index (χ4n) is 3.89. The molecule has 2 aliphatic rings. The van der Waals surface area contributed by atoms with Crippen molar-refractivity contribution in [3.05, 3.63) is 81.9 Å². The molecule has 4 rings (SSSR count). The molecule has 32 heavy (non-hydrogen) atoms. The van der Waals surface area contributed by atoms with Crippen LogP contribution in [0.2, 0.25) is 0 Å². The molecule has 1 aliphatic carbocycles. The Hall–Kier alpha value is -4.14. The van der Waals surface area contributed by atoms with Gasteiger partial charge in [-0.3, -0.25) is 29.4 Å². The second-order valence-electron chi connectivity index (χ2n) is 7.52. The fraction of sp³-hybridized carbons (Fsp3) is 0.217. The molecule has 0 N–H and O–H groups in total. The molecule has 9 nitrogen and oxygen atoms in total. The van der Waals surface area contributed by atoms with Gasteiger partial charge in [-0.1, -0.05) is 18.2 Å². The van der Waals surface area contributed by atoms with Gasteiger partial charge in [-0.15, -0.1) is 0 Å². The van der Waals surface area contributed by atoms with Gasteiger partial charge in [0.15, 0.2) is 12.4 Å². The van der Waals surface area contributed by atoms with Crippen LogP contribution in [0.3, 0.4) is 0 Å². The smallest absolute Gasteiger partial charge is 0.338 e. The van der Waals surface area contributed by atoms with Crippen LogP contribution < -0.4 is 4.90 Å². The number of carbonyl (C=O) groups is 4. The van der Waals surface area contributed by atoms with E-state index in [1.165, 1.54) is 42.5 Å². The minimum atomic E-state index is -0.791. The monoisotopic (exact) mass is 434 g/mol. The molecule has 0 spiro atoms. The van der Waals surface area contributed by atoms with Gasteiger partial charge in [0.25, 0.3) is 5.69 Å². The van der Waals surface area contributed by atoms with Crippen LogP contribution in [0.4, 0.5) is 11.4 Å². The molecule has 2 atom stereocenters. The molecule has 0 aromatic heterocycles. The van der Waals surface area contributed by atoms with E-state index in [2.05, 4.69) is 0 Å². The van der Waals surface area contributed by atoms with Crippen LogP contribution in [-0.4, -0.2) is 35.1 Å². The number of rotatable bonds is 6. The summed E-state index contributed by atoms with van der Waals surface area (Å²) in [6.07, 6.45) is 4.81. The lowest BCUT2D eigenvalue weighted by Gasteiger charge is -2.15. The molecule has 1 saturated heterocycles. The van der Waals surface area contributed by atoms with E-state index in [4.69, 9.17) is 4.74 Å². The molecule has 162 valence electrons. The Bertz CT molecular complexity index is 1130. The van der Waals surface area contributed by atoms with Gasteiger partial charge in [0.2, 0.25) is 11.8 Å². The van der Waals surface area contributed by atoms with Crippen LogP contribution in [-0.2, 0) is 14.3 Å². The van der Waals surface area contributed by atoms with Gasteiger partial charge in [0, 0.05) is 17.7 Å². The number of benzene rings is 2. The van der Waals surface area contributed by atoms with Crippen molar-refractivity contribution in [2.45, 2.75) is 12.8 Å². The maximum Gasteiger partial charge on any atom is 0.338 e. The molecular weight excluding hydrogens is 416 g/mol. The van der Waals surface area contributed by atoms with Crippen molar-refractivity contribution in [3.8, 4) is 0 Å². The molecule has 2 amide bonds. The normalized spacial score (nSPS) is 19.6. The van der Waals surface area contributed by atoms with E-state index >= 15 is 0 Å². The zero-order valence-corrected chi connectivity index (χ0v) is 16.8. The van der Waals surface area contributed by atoms with E-state index in [1.807, 2.05) is 12.2 Å². The molecule has 2 aromatic rings. The lowest BCUT2D eigenvalue weighted by Crippen LogP contribution is -2.31. The van der Waals surface area contributed by atoms with Gasteiger partial charge in [-0.25, -0.2) is 4.79 Å². The number of nitro benzene ring substituents is 1. The van der Waals surface area contributed by atoms with Gasteiger partial charge in [-0.05, 0) is 43.2 Å². The van der Waals surface area contributed by atoms with Crippen LogP contribution in [0.5, 0.6) is 0 Å². The molecular formula is C23H18N2O7. The third kappa shape index (κ3) is 3.92. The van der Waals surface area contributed by atoms with Gasteiger partial charge in [0.05, 0.1) is 28.0 Å². The molecule has 1 aliphatic heterocycles. The van der Waals surface area contributed by atoms with Crippen molar-refractivity contribution >= 4 is 34.9 Å². The standard InChI is InChI=1S/C23H18N2O7/c26-20(14-8-10-16(11-9-14)25(30)31)13-32-23(29)15-4-3-5-17(12-15)24-21(27)18-6-1-2-7-19(18)22(24)28/h1-5,8-12,18-19H,6-7,13H2/t18-,19+. The Labute approximate surface area is 182 Å². The van der Waals surface area contributed by atoms with Gasteiger partial charge >= 0.3 is 5.97 Å². The molecule has 0 bridgehead atoms. The summed E-state index contributed by atoms with van der Waals surface area (Å²) in [6.45, 7) is -0.557. The molecule has 0 saturated carbocycles. The number of amides is 2. The summed E-state index contributed by atoms with van der Waals surface area (Å²) in [5.74, 6) is -2.66. The van der Waals surface area contributed by atoms with Crippen molar-refractivity contribution in [1.29, 1.82) is 0 Å². The Kier molecular flexibility index (Phi) is 5.63. The molecule has 9 heteroatoms. The number of anilines is 1. The third-order valence-electron chi connectivity index (χ3n) is 5.58. The first kappa shape index (κ1) is 21.1. The van der Waals surface area contributed by atoms with Gasteiger partial charge < -0.3 is 4.74 Å². The minimum absolute atomic E-state index is 0.0904. The zero-order valence-electron chi connectivity index (χ0n) is 16.8. The largest absolute Gasteiger partial charge is 0.454 e. The number of nitrogens with zero attached hydrogens (tertiary/aromatic N) is 2. The summed E-state index contributed by atoms with van der Waals surface area (Å²) in [5, 5.41) is 10.7. The first-order chi connectivity index (χ1) is 15.4. The fourth-order valence-corrected chi connectivity index (χ4v) is 3.89. The first-order valence-corrected chi connectivity index (χ1v) is 9.94. The highest BCUT2D eigenvalue weighted by Crippen LogP contribution is 2.37. The number of carbonyl (C=O) groups excluding carboxylic acids is 4. The number of hydrogen-bond acceptors (Lipinski definition) is 7. The maximum atomic E-state index is 12.7. The summed E-state index contributed by atoms with van der Waals surface area (Å²) in [5.41, 5.74) is 0.386. The first-order valence-electron chi connectivity index (χ1n) is 9.94. The SMILES string of the molecule is O=C(COC(=O)c1cccc(N2C(=O)[C@H]3CC=CC[C@H]3C2=O)c1)c1ccc([N+](=O)[O-])cc1. The molecule has 1 heterocycles. The van der Waals surface area contributed by atoms with Crippen molar-refractivity contribution in [2.24, 2.45) is 11.8 Å². The van der Waals surface area contributed by atoms with E-state index in [-0.39, 0.29) is 46.2 Å². The molecule has 2 aromatic carbocycles. The Morgan fingerprint density at radius 1 is 0.969 bits per heavy atom. The van der Waals surface area contributed by atoms with Crippen molar-refractivity contribution in [3.63, 3.8) is 0 Å². The predicted octanol–water partition coefficient (Wildman–Crippen LogP) is 3.09. The summed E-state index contributed by atoms with van der Waals surface area (Å²) < 4.78 is 5.07. The van der Waals surface area contributed by atoms with E-state index < -0.39 is 23.3 Å². The molecule has 0 radical (unpaired) electrons. The number of allylic oxidation sites excluding steroid dienone is 2. The average Bonchev–Trinajstić information content (AvgIpc) is 3.07. The van der Waals surface area contributed by atoms with E-state index in [0.29, 0.717) is 12.8 Å². The highest BCUT2D eigenvalue weighted by Gasteiger charge is 2.47. The topological polar surface area (TPSA) is 124 Å². The highest BCUT2D eigenvalue weighted by atomic mass is 16.6. The number of ketones is 1. The second kappa shape index (κ2) is 8.54. The third-order valence-corrected chi connectivity index (χ3v) is 5.58. The second-order valence-corrected chi connectivity index (χ2v) is 7.52. The van der Waals surface area contributed by atoms with E-state index in [0.717, 1.165) is 4.90 Å². The number of ether oxygens (including phenoxy) is 1. The summed E-state index contributed by atoms with van der Waals surface area (Å²) in [6, 6.07) is 10.9. The number of hydrogen-bond donors (Lipinski definition) is 0. The number of esters is 1. The van der Waals surface area contributed by atoms with Crippen LogP contribution in [0.1, 0.15) is 33.6 Å². The number of Topliss-reactive ketones (excluding diaryl/α,β-unsaturated/α-hetero) is 1. The minimum Gasteiger partial charge on any atom is -0.454 e. The van der Waals surface area contributed by atoms with Crippen molar-refractivity contribution in [1.82, 2.24) is 0 Å². The number of fused-ring (bicyclic) bond motifs is 1. The zero-order chi connectivity index (χ0) is 22.8. The summed E-state index contributed by atoms with van der Waals surface area (Å²) in [7, 11) is 0. The van der Waals surface area contributed by atoms with Crippen LogP contribution in [0.25, 0.3) is 0 Å². The summed E-state index contributed by atoms with van der Waals surface area (Å²) >= 11 is 0. The van der Waals surface area contributed by atoms with Crippen molar-refractivity contribution in [2.75, 3.05) is 11.5 Å². The number of imide groups is 1. The number of non-ortho nitro benzene ring substituents is 1. The number of nitro groups is 1. The van der Waals surface area contributed by atoms with Crippen LogP contribution in [0, 0.1) is 22.0 Å². The molecule has 1 fully saturated rings. The van der Waals surface area contributed by atoms with Gasteiger partial charge in [-0.2, -0.15) is 0 Å². The van der Waals surface area contributed by atoms with E-state index in [1.54, 1.807) is 6.07 Å². The lowest BCUT2D eigenvalue weighted by atomic mass is 9.85. The Balaban J connectivity index is 1.43. The van der Waals surface area contributed by atoms with Crippen LogP contribution >= 0.6 is 0 Å². The highest BCUT2D eigenvalue weighted by molar-refractivity contribution is 6.22. The average molecular weight is 434 g/mol. The predicted molar refractivity (Wildman–Crippen MR) is 112 cm³/mol. The molecule has 0 unspecified atom stereocenters. The Morgan fingerprint density at radius 3 is 2.19 bits per heavy atom.